The number of nitrogens with one attached hydrogen (secondary N) is 2. The molecule has 0 atom stereocenters. The van der Waals surface area contributed by atoms with Crippen LogP contribution >= 0.6 is 0 Å². The first-order valence-corrected chi connectivity index (χ1v) is 7.10. The van der Waals surface area contributed by atoms with E-state index in [1.165, 1.54) is 0 Å². The third-order valence-electron chi connectivity index (χ3n) is 3.18. The van der Waals surface area contributed by atoms with Crippen LogP contribution in [0.25, 0.3) is 0 Å². The van der Waals surface area contributed by atoms with Crippen molar-refractivity contribution < 1.29 is 5.11 Å². The minimum Gasteiger partial charge on any atom is -0.393 e. The number of nitrogens with zero attached hydrogens (tertiary/aromatic N) is 1. The van der Waals surface area contributed by atoms with E-state index in [0.29, 0.717) is 6.04 Å². The third-order valence-corrected chi connectivity index (χ3v) is 3.18. The maximum atomic E-state index is 9.48. The maximum Gasteiger partial charge on any atom is 0.191 e. The fraction of sp³-hybridized carbons (Fsp3) is 0.786. The van der Waals surface area contributed by atoms with Crippen LogP contribution in [0.15, 0.2) is 17.1 Å². The molecule has 1 aliphatic rings. The first-order chi connectivity index (χ1) is 8.76. The molecular formula is C14H27N3O. The molecule has 1 aliphatic carbocycles. The van der Waals surface area contributed by atoms with Gasteiger partial charge in [-0.3, -0.25) is 4.99 Å². The molecule has 0 bridgehead atoms. The van der Waals surface area contributed by atoms with Crippen molar-refractivity contribution in [3.8, 4) is 0 Å². The molecule has 4 nitrogen and oxygen atoms in total. The predicted molar refractivity (Wildman–Crippen MR) is 76.8 cm³/mol. The van der Waals surface area contributed by atoms with Gasteiger partial charge in [-0.05, 0) is 46.0 Å². The van der Waals surface area contributed by atoms with Crippen molar-refractivity contribution in [2.75, 3.05) is 13.1 Å². The maximum absolute atomic E-state index is 9.48. The molecule has 4 heteroatoms. The lowest BCUT2D eigenvalue weighted by Crippen LogP contribution is -2.45. The Balaban J connectivity index is 2.36. The molecule has 0 aromatic heterocycles. The molecule has 0 saturated heterocycles. The van der Waals surface area contributed by atoms with Gasteiger partial charge < -0.3 is 15.7 Å². The van der Waals surface area contributed by atoms with Crippen molar-refractivity contribution in [1.82, 2.24) is 10.6 Å². The summed E-state index contributed by atoms with van der Waals surface area (Å²) in [7, 11) is 0. The largest absolute Gasteiger partial charge is 0.393 e. The summed E-state index contributed by atoms with van der Waals surface area (Å²) in [6.07, 6.45) is 8.92. The lowest BCUT2D eigenvalue weighted by molar-refractivity contribution is 0.120. The molecule has 0 unspecified atom stereocenters. The van der Waals surface area contributed by atoms with E-state index in [-0.39, 0.29) is 6.10 Å². The van der Waals surface area contributed by atoms with Gasteiger partial charge in [0.05, 0.1) is 6.10 Å². The summed E-state index contributed by atoms with van der Waals surface area (Å²) in [4.78, 5) is 4.54. The van der Waals surface area contributed by atoms with E-state index in [4.69, 9.17) is 0 Å². The Morgan fingerprint density at radius 1 is 1.33 bits per heavy atom. The van der Waals surface area contributed by atoms with E-state index in [2.05, 4.69) is 34.7 Å². The van der Waals surface area contributed by atoms with Crippen molar-refractivity contribution in [2.24, 2.45) is 4.99 Å². The second-order valence-electron chi connectivity index (χ2n) is 4.77. The van der Waals surface area contributed by atoms with Gasteiger partial charge in [-0.15, -0.1) is 0 Å². The zero-order chi connectivity index (χ0) is 13.2. The molecule has 0 amide bonds. The van der Waals surface area contributed by atoms with E-state index < -0.39 is 0 Å². The Bertz CT molecular complexity index is 268. The zero-order valence-corrected chi connectivity index (χ0v) is 11.7. The van der Waals surface area contributed by atoms with Crippen LogP contribution in [0.4, 0.5) is 0 Å². The van der Waals surface area contributed by atoms with Crippen LogP contribution in [0.2, 0.25) is 0 Å². The lowest BCUT2D eigenvalue weighted by atomic mass is 9.93. The molecular weight excluding hydrogens is 226 g/mol. The van der Waals surface area contributed by atoms with Crippen molar-refractivity contribution in [3.05, 3.63) is 12.2 Å². The van der Waals surface area contributed by atoms with Crippen LogP contribution in [0, 0.1) is 0 Å². The SMILES string of the molecule is C/C=C/CCN=C(NCC)NC1CCC(O)CC1. The molecule has 1 fully saturated rings. The second kappa shape index (κ2) is 8.97. The molecule has 3 N–H and O–H groups in total. The number of allylic oxidation sites excluding steroid dienone is 1. The first-order valence-electron chi connectivity index (χ1n) is 7.10. The van der Waals surface area contributed by atoms with Crippen LogP contribution < -0.4 is 10.6 Å². The third kappa shape index (κ3) is 6.05. The average molecular weight is 253 g/mol. The predicted octanol–water partition coefficient (Wildman–Crippen LogP) is 1.81. The molecule has 0 aromatic carbocycles. The lowest BCUT2D eigenvalue weighted by Gasteiger charge is -2.27. The highest BCUT2D eigenvalue weighted by Crippen LogP contribution is 2.18. The van der Waals surface area contributed by atoms with Gasteiger partial charge in [0.2, 0.25) is 0 Å². The summed E-state index contributed by atoms with van der Waals surface area (Å²) >= 11 is 0. The van der Waals surface area contributed by atoms with Crippen LogP contribution in [-0.4, -0.2) is 36.3 Å². The molecule has 104 valence electrons. The van der Waals surface area contributed by atoms with Gasteiger partial charge >= 0.3 is 0 Å². The quantitative estimate of drug-likeness (QED) is 0.303. The molecule has 0 aliphatic heterocycles. The summed E-state index contributed by atoms with van der Waals surface area (Å²) in [5.74, 6) is 0.906. The summed E-state index contributed by atoms with van der Waals surface area (Å²) in [5.41, 5.74) is 0. The van der Waals surface area contributed by atoms with Gasteiger partial charge in [-0.2, -0.15) is 0 Å². The fourth-order valence-corrected chi connectivity index (χ4v) is 2.15. The number of aliphatic hydroxyl groups excluding tert-OH is 1. The van der Waals surface area contributed by atoms with E-state index in [1.807, 2.05) is 6.92 Å². The Morgan fingerprint density at radius 3 is 2.67 bits per heavy atom. The van der Waals surface area contributed by atoms with E-state index in [9.17, 15) is 5.11 Å². The number of hydrogen-bond acceptors (Lipinski definition) is 2. The summed E-state index contributed by atoms with van der Waals surface area (Å²) in [6, 6.07) is 0.452. The van der Waals surface area contributed by atoms with Gasteiger partial charge in [0.1, 0.15) is 0 Å². The Kier molecular flexibility index (Phi) is 7.49. The van der Waals surface area contributed by atoms with Crippen molar-refractivity contribution in [1.29, 1.82) is 0 Å². The highest BCUT2D eigenvalue weighted by molar-refractivity contribution is 5.80. The zero-order valence-electron chi connectivity index (χ0n) is 11.7. The van der Waals surface area contributed by atoms with Gasteiger partial charge in [0.25, 0.3) is 0 Å². The van der Waals surface area contributed by atoms with E-state index in [1.54, 1.807) is 0 Å². The van der Waals surface area contributed by atoms with Crippen LogP contribution in [0.3, 0.4) is 0 Å². The number of guanidine groups is 1. The highest BCUT2D eigenvalue weighted by Gasteiger charge is 2.19. The molecule has 1 saturated carbocycles. The fourth-order valence-electron chi connectivity index (χ4n) is 2.15. The highest BCUT2D eigenvalue weighted by atomic mass is 16.3. The topological polar surface area (TPSA) is 56.7 Å². The normalized spacial score (nSPS) is 25.4. The second-order valence-corrected chi connectivity index (χ2v) is 4.77. The molecule has 0 aromatic rings. The van der Waals surface area contributed by atoms with E-state index in [0.717, 1.165) is 51.2 Å². The molecule has 1 rings (SSSR count). The van der Waals surface area contributed by atoms with Gasteiger partial charge in [0.15, 0.2) is 5.96 Å². The summed E-state index contributed by atoms with van der Waals surface area (Å²) in [5, 5.41) is 16.2. The minimum absolute atomic E-state index is 0.0998. The summed E-state index contributed by atoms with van der Waals surface area (Å²) in [6.45, 7) is 5.80. The van der Waals surface area contributed by atoms with Gasteiger partial charge in [-0.25, -0.2) is 0 Å². The molecule has 0 spiro atoms. The van der Waals surface area contributed by atoms with Crippen molar-refractivity contribution >= 4 is 5.96 Å². The number of aliphatic imine (C=N–C) groups is 1. The average Bonchev–Trinajstić information content (AvgIpc) is 2.37. The smallest absolute Gasteiger partial charge is 0.191 e. The van der Waals surface area contributed by atoms with Crippen LogP contribution in [0.5, 0.6) is 0 Å². The van der Waals surface area contributed by atoms with Crippen LogP contribution in [-0.2, 0) is 0 Å². The number of aliphatic hydroxyl groups is 1. The van der Waals surface area contributed by atoms with E-state index >= 15 is 0 Å². The summed E-state index contributed by atoms with van der Waals surface area (Å²) < 4.78 is 0. The molecule has 0 radical (unpaired) electrons. The van der Waals surface area contributed by atoms with Gasteiger partial charge in [0, 0.05) is 19.1 Å². The Hall–Kier alpha value is -1.03. The Morgan fingerprint density at radius 2 is 2.06 bits per heavy atom. The number of hydrogen-bond donors (Lipinski definition) is 3. The number of rotatable bonds is 5. The van der Waals surface area contributed by atoms with Crippen molar-refractivity contribution in [2.45, 2.75) is 58.1 Å². The standard InChI is InChI=1S/C14H27N3O/c1-3-5-6-11-16-14(15-4-2)17-12-7-9-13(18)10-8-12/h3,5,12-13,18H,4,6-11H2,1-2H3,(H2,15,16,17)/b5-3+. The van der Waals surface area contributed by atoms with Crippen molar-refractivity contribution in [3.63, 3.8) is 0 Å². The Labute approximate surface area is 111 Å². The molecule has 18 heavy (non-hydrogen) atoms. The molecule has 0 heterocycles. The first kappa shape index (κ1) is 15.0. The van der Waals surface area contributed by atoms with Crippen LogP contribution in [0.1, 0.15) is 46.0 Å². The monoisotopic (exact) mass is 253 g/mol. The van der Waals surface area contributed by atoms with Gasteiger partial charge in [-0.1, -0.05) is 12.2 Å². The minimum atomic E-state index is -0.0998.